The van der Waals surface area contributed by atoms with Gasteiger partial charge in [0.2, 0.25) is 0 Å². The van der Waals surface area contributed by atoms with Gasteiger partial charge in [0, 0.05) is 22.8 Å². The van der Waals surface area contributed by atoms with Crippen molar-refractivity contribution in [3.63, 3.8) is 0 Å². The van der Waals surface area contributed by atoms with E-state index >= 15 is 4.39 Å². The zero-order chi connectivity index (χ0) is 31.6. The van der Waals surface area contributed by atoms with Crippen LogP contribution >= 0.6 is 34.8 Å². The lowest BCUT2D eigenvalue weighted by atomic mass is 10.1. The van der Waals surface area contributed by atoms with Crippen LogP contribution in [0.4, 0.5) is 23.2 Å². The summed E-state index contributed by atoms with van der Waals surface area (Å²) in [6.07, 6.45) is -3.47. The van der Waals surface area contributed by atoms with Crippen LogP contribution < -0.4 is 10.6 Å². The molecule has 0 fully saturated rings. The molecule has 0 aliphatic carbocycles. The molecule has 2 aromatic carbocycles. The Morgan fingerprint density at radius 2 is 1.68 bits per heavy atom. The van der Waals surface area contributed by atoms with Crippen molar-refractivity contribution in [3.8, 4) is 5.82 Å². The first-order valence-electron chi connectivity index (χ1n) is 12.3. The number of nitrogens with zero attached hydrogens (tertiary/aromatic N) is 7. The summed E-state index contributed by atoms with van der Waals surface area (Å²) >= 11 is 18.2. The van der Waals surface area contributed by atoms with Gasteiger partial charge in [0.25, 0.3) is 17.6 Å². The third kappa shape index (κ3) is 6.96. The number of amides is 2. The number of benzene rings is 2. The Labute approximate surface area is 259 Å². The van der Waals surface area contributed by atoms with Crippen molar-refractivity contribution in [2.75, 3.05) is 5.32 Å². The van der Waals surface area contributed by atoms with Crippen molar-refractivity contribution in [3.05, 3.63) is 110 Å². The number of hydrogen-bond donors (Lipinski definition) is 2. The van der Waals surface area contributed by atoms with Crippen LogP contribution in [0.5, 0.6) is 0 Å². The highest BCUT2D eigenvalue weighted by atomic mass is 35.5. The largest absolute Gasteiger partial charge is 0.455 e. The standard InChI is InChI=1S/C26H16Cl3F4N9O2/c27-14-5-3-13(4-6-14)11-35-23(43)17-8-15(28)9-19(30)21(17)36-24(44)20-10-16(12-41-39-25(37-40-41)26(31,32)33)38-42(20)22-18(29)2-1-7-34-22/h1-10H,11-12H2,(H,35,43)(H,36,44). The minimum Gasteiger partial charge on any atom is -0.348 e. The predicted molar refractivity (Wildman–Crippen MR) is 150 cm³/mol. The maximum absolute atomic E-state index is 15.2. The lowest BCUT2D eigenvalue weighted by Gasteiger charge is -2.14. The number of carbonyl (C=O) groups is 2. The highest BCUT2D eigenvalue weighted by Crippen LogP contribution is 2.28. The number of nitrogens with one attached hydrogen (secondary N) is 2. The zero-order valence-electron chi connectivity index (χ0n) is 21.8. The average molecular weight is 669 g/mol. The molecule has 3 aromatic heterocycles. The molecule has 0 spiro atoms. The number of alkyl halides is 3. The Morgan fingerprint density at radius 3 is 2.36 bits per heavy atom. The molecule has 226 valence electrons. The quantitative estimate of drug-likeness (QED) is 0.206. The van der Waals surface area contributed by atoms with Crippen molar-refractivity contribution in [2.24, 2.45) is 0 Å². The fourth-order valence-electron chi connectivity index (χ4n) is 3.87. The van der Waals surface area contributed by atoms with Crippen LogP contribution in [0, 0.1) is 5.82 Å². The van der Waals surface area contributed by atoms with Gasteiger partial charge in [-0.3, -0.25) is 9.59 Å². The molecule has 0 saturated heterocycles. The van der Waals surface area contributed by atoms with Gasteiger partial charge in [0.15, 0.2) is 5.82 Å². The molecule has 0 radical (unpaired) electrons. The Bertz CT molecular complexity index is 1860. The number of anilines is 1. The lowest BCUT2D eigenvalue weighted by molar-refractivity contribution is -0.145. The Kier molecular flexibility index (Phi) is 8.80. The summed E-state index contributed by atoms with van der Waals surface area (Å²) in [5.74, 6) is -4.23. The lowest BCUT2D eigenvalue weighted by Crippen LogP contribution is -2.26. The Hall–Kier alpha value is -4.60. The van der Waals surface area contributed by atoms with E-state index < -0.39 is 41.9 Å². The van der Waals surface area contributed by atoms with Crippen LogP contribution in [0.15, 0.2) is 60.8 Å². The molecule has 0 saturated carbocycles. The minimum atomic E-state index is -4.83. The molecular formula is C26H16Cl3F4N9O2. The van der Waals surface area contributed by atoms with Crippen LogP contribution in [-0.4, -0.2) is 46.8 Å². The summed E-state index contributed by atoms with van der Waals surface area (Å²) in [6, 6.07) is 12.9. The first-order chi connectivity index (χ1) is 20.9. The molecular weight excluding hydrogens is 653 g/mol. The van der Waals surface area contributed by atoms with Gasteiger partial charge in [-0.1, -0.05) is 46.9 Å². The van der Waals surface area contributed by atoms with Crippen LogP contribution in [-0.2, 0) is 19.3 Å². The molecule has 0 aliphatic heterocycles. The van der Waals surface area contributed by atoms with E-state index in [9.17, 15) is 22.8 Å². The summed E-state index contributed by atoms with van der Waals surface area (Å²) in [5.41, 5.74) is -0.351. The normalized spacial score (nSPS) is 11.4. The van der Waals surface area contributed by atoms with Gasteiger partial charge in [-0.25, -0.2) is 14.1 Å². The first kappa shape index (κ1) is 30.8. The van der Waals surface area contributed by atoms with Gasteiger partial charge in [0.05, 0.1) is 22.0 Å². The predicted octanol–water partition coefficient (Wildman–Crippen LogP) is 5.60. The van der Waals surface area contributed by atoms with Crippen LogP contribution in [0.25, 0.3) is 5.82 Å². The van der Waals surface area contributed by atoms with E-state index in [1.54, 1.807) is 24.3 Å². The van der Waals surface area contributed by atoms with Gasteiger partial charge in [-0.15, -0.1) is 10.2 Å². The van der Waals surface area contributed by atoms with Crippen molar-refractivity contribution in [1.29, 1.82) is 0 Å². The molecule has 11 nitrogen and oxygen atoms in total. The van der Waals surface area contributed by atoms with E-state index in [2.05, 4.69) is 36.1 Å². The molecule has 3 heterocycles. The molecule has 0 unspecified atom stereocenters. The van der Waals surface area contributed by atoms with Crippen LogP contribution in [0.3, 0.4) is 0 Å². The van der Waals surface area contributed by atoms with E-state index in [0.29, 0.717) is 15.4 Å². The third-order valence-corrected chi connectivity index (χ3v) is 6.61. The summed E-state index contributed by atoms with van der Waals surface area (Å²) < 4.78 is 55.0. The summed E-state index contributed by atoms with van der Waals surface area (Å²) in [6.45, 7) is -0.382. The molecule has 2 N–H and O–H groups in total. The van der Waals surface area contributed by atoms with E-state index in [1.807, 2.05) is 0 Å². The van der Waals surface area contributed by atoms with Crippen molar-refractivity contribution < 1.29 is 27.2 Å². The number of carbonyl (C=O) groups excluding carboxylic acids is 2. The van der Waals surface area contributed by atoms with E-state index in [-0.39, 0.29) is 39.4 Å². The molecule has 18 heteroatoms. The number of pyridine rings is 1. The Morgan fingerprint density at radius 1 is 0.932 bits per heavy atom. The molecule has 44 heavy (non-hydrogen) atoms. The van der Waals surface area contributed by atoms with Crippen LogP contribution in [0.2, 0.25) is 15.1 Å². The van der Waals surface area contributed by atoms with Crippen molar-refractivity contribution in [2.45, 2.75) is 19.3 Å². The second-order valence-corrected chi connectivity index (χ2v) is 10.2. The molecule has 5 rings (SSSR count). The SMILES string of the molecule is O=C(NCc1ccc(Cl)cc1)c1cc(Cl)cc(F)c1NC(=O)c1cc(Cn2nnc(C(F)(F)F)n2)nn1-c1ncccc1Cl. The average Bonchev–Trinajstić information content (AvgIpc) is 3.62. The van der Waals surface area contributed by atoms with Gasteiger partial charge in [-0.05, 0) is 53.2 Å². The molecule has 0 bridgehead atoms. The van der Waals surface area contributed by atoms with Crippen LogP contribution in [0.1, 0.15) is 37.9 Å². The number of rotatable bonds is 8. The zero-order valence-corrected chi connectivity index (χ0v) is 24.0. The number of aromatic nitrogens is 7. The third-order valence-electron chi connectivity index (χ3n) is 5.85. The summed E-state index contributed by atoms with van der Waals surface area (Å²) in [4.78, 5) is 31.4. The van der Waals surface area contributed by atoms with Crippen molar-refractivity contribution >= 4 is 52.3 Å². The molecule has 0 aliphatic rings. The number of halogens is 7. The summed E-state index contributed by atoms with van der Waals surface area (Å²) in [7, 11) is 0. The van der Waals surface area contributed by atoms with Gasteiger partial charge >= 0.3 is 6.18 Å². The topological polar surface area (TPSA) is 133 Å². The fraction of sp³-hybridized carbons (Fsp3) is 0.115. The molecule has 2 amide bonds. The molecule has 0 atom stereocenters. The smallest absolute Gasteiger partial charge is 0.348 e. The fourth-order valence-corrected chi connectivity index (χ4v) is 4.40. The van der Waals surface area contributed by atoms with Crippen molar-refractivity contribution in [1.82, 2.24) is 40.3 Å². The monoisotopic (exact) mass is 667 g/mol. The number of tetrazole rings is 1. The minimum absolute atomic E-state index is 0.000466. The summed E-state index contributed by atoms with van der Waals surface area (Å²) in [5, 5.41) is 19.3. The number of hydrogen-bond acceptors (Lipinski definition) is 7. The van der Waals surface area contributed by atoms with E-state index in [1.165, 1.54) is 30.5 Å². The van der Waals surface area contributed by atoms with E-state index in [0.717, 1.165) is 10.7 Å². The first-order valence-corrected chi connectivity index (χ1v) is 13.4. The second kappa shape index (κ2) is 12.6. The maximum atomic E-state index is 15.2. The van der Waals surface area contributed by atoms with E-state index in [4.69, 9.17) is 34.8 Å². The van der Waals surface area contributed by atoms with Gasteiger partial charge < -0.3 is 10.6 Å². The highest BCUT2D eigenvalue weighted by molar-refractivity contribution is 6.32. The van der Waals surface area contributed by atoms with Gasteiger partial charge in [-0.2, -0.15) is 23.1 Å². The molecule has 5 aromatic rings. The highest BCUT2D eigenvalue weighted by Gasteiger charge is 2.37. The Balaban J connectivity index is 1.46. The van der Waals surface area contributed by atoms with Gasteiger partial charge in [0.1, 0.15) is 18.1 Å². The second-order valence-electron chi connectivity index (χ2n) is 8.96. The maximum Gasteiger partial charge on any atom is 0.455 e.